The maximum atomic E-state index is 12.8. The number of methoxy groups -OCH3 is 1. The number of nitrogens with zero attached hydrogens (tertiary/aromatic N) is 1. The Labute approximate surface area is 224 Å². The highest BCUT2D eigenvalue weighted by Crippen LogP contribution is 2.35. The summed E-state index contributed by atoms with van der Waals surface area (Å²) in [5, 5.41) is 15.2. The quantitative estimate of drug-likeness (QED) is 0.195. The van der Waals surface area contributed by atoms with Crippen LogP contribution in [0.4, 0.5) is 11.4 Å². The molecule has 0 saturated heterocycles. The monoisotopic (exact) mass is 595 g/mol. The Morgan fingerprint density at radius 1 is 1.00 bits per heavy atom. The van der Waals surface area contributed by atoms with Crippen LogP contribution < -0.4 is 20.1 Å². The van der Waals surface area contributed by atoms with E-state index in [1.54, 1.807) is 18.2 Å². The zero-order valence-corrected chi connectivity index (χ0v) is 22.6. The average molecular weight is 595 g/mol. The molecule has 0 fully saturated rings. The first kappa shape index (κ1) is 26.8. The van der Waals surface area contributed by atoms with E-state index in [0.717, 1.165) is 22.4 Å². The molecule has 2 N–H and O–H groups in total. The fourth-order valence-electron chi connectivity index (χ4n) is 3.39. The van der Waals surface area contributed by atoms with Gasteiger partial charge in [0.1, 0.15) is 11.6 Å². The van der Waals surface area contributed by atoms with Crippen molar-refractivity contribution in [2.45, 2.75) is 20.8 Å². The van der Waals surface area contributed by atoms with Crippen LogP contribution >= 0.6 is 22.6 Å². The molecule has 184 valence electrons. The Morgan fingerprint density at radius 2 is 1.69 bits per heavy atom. The molecule has 0 aliphatic heterocycles. The first-order valence-corrected chi connectivity index (χ1v) is 12.2. The van der Waals surface area contributed by atoms with Gasteiger partial charge in [-0.1, -0.05) is 30.3 Å². The molecule has 0 bridgehead atoms. The van der Waals surface area contributed by atoms with E-state index in [2.05, 4.69) is 33.2 Å². The standard InChI is InChI=1S/C28H26IN3O4/c1-17-9-7-11-24(19(17)3)32-28(34)21(15-30)12-20-13-22(29)27(25(14-20)35-4)36-16-26(33)31-23-10-6-5-8-18(23)2/h5-14H,16H2,1-4H3,(H,31,33)(H,32,34)/b21-12-. The number of amides is 2. The van der Waals surface area contributed by atoms with E-state index in [0.29, 0.717) is 26.3 Å². The molecular weight excluding hydrogens is 569 g/mol. The molecule has 0 saturated carbocycles. The second-order valence-corrected chi connectivity index (χ2v) is 9.22. The summed E-state index contributed by atoms with van der Waals surface area (Å²) in [6, 6.07) is 18.4. The van der Waals surface area contributed by atoms with Gasteiger partial charge in [0.25, 0.3) is 11.8 Å². The summed E-state index contributed by atoms with van der Waals surface area (Å²) in [6.45, 7) is 5.56. The Hall–Kier alpha value is -3.84. The van der Waals surface area contributed by atoms with Crippen LogP contribution in [0.1, 0.15) is 22.3 Å². The van der Waals surface area contributed by atoms with Gasteiger partial charge in [0, 0.05) is 11.4 Å². The van der Waals surface area contributed by atoms with Crippen molar-refractivity contribution in [1.29, 1.82) is 5.26 Å². The summed E-state index contributed by atoms with van der Waals surface area (Å²) in [4.78, 5) is 25.2. The van der Waals surface area contributed by atoms with E-state index < -0.39 is 5.91 Å². The smallest absolute Gasteiger partial charge is 0.266 e. The lowest BCUT2D eigenvalue weighted by Crippen LogP contribution is -2.21. The Morgan fingerprint density at radius 3 is 2.39 bits per heavy atom. The molecule has 3 rings (SSSR count). The number of nitriles is 1. The third kappa shape index (κ3) is 6.64. The Bertz CT molecular complexity index is 1380. The van der Waals surface area contributed by atoms with Crippen LogP contribution in [0.5, 0.6) is 11.5 Å². The number of aryl methyl sites for hydroxylation is 2. The van der Waals surface area contributed by atoms with Crippen LogP contribution in [-0.4, -0.2) is 25.5 Å². The van der Waals surface area contributed by atoms with E-state index in [9.17, 15) is 14.9 Å². The molecular formula is C28H26IN3O4. The second-order valence-electron chi connectivity index (χ2n) is 8.06. The van der Waals surface area contributed by atoms with Gasteiger partial charge in [-0.3, -0.25) is 9.59 Å². The van der Waals surface area contributed by atoms with Crippen molar-refractivity contribution in [2.24, 2.45) is 0 Å². The molecule has 0 radical (unpaired) electrons. The number of rotatable bonds is 8. The summed E-state index contributed by atoms with van der Waals surface area (Å²) in [7, 11) is 1.48. The van der Waals surface area contributed by atoms with E-state index in [1.807, 2.05) is 63.2 Å². The van der Waals surface area contributed by atoms with E-state index in [-0.39, 0.29) is 18.1 Å². The molecule has 8 heteroatoms. The zero-order chi connectivity index (χ0) is 26.2. The van der Waals surface area contributed by atoms with Gasteiger partial charge in [0.15, 0.2) is 18.1 Å². The summed E-state index contributed by atoms with van der Waals surface area (Å²) in [5.41, 5.74) is 4.83. The number of ether oxygens (including phenoxy) is 2. The molecule has 0 unspecified atom stereocenters. The van der Waals surface area contributed by atoms with Crippen LogP contribution in [0.15, 0.2) is 60.2 Å². The molecule has 7 nitrogen and oxygen atoms in total. The minimum Gasteiger partial charge on any atom is -0.493 e. The molecule has 2 amide bonds. The second kappa shape index (κ2) is 12.2. The normalized spacial score (nSPS) is 10.8. The highest BCUT2D eigenvalue weighted by Gasteiger charge is 2.16. The number of carbonyl (C=O) groups excluding carboxylic acids is 2. The van der Waals surface area contributed by atoms with Crippen molar-refractivity contribution in [3.63, 3.8) is 0 Å². The van der Waals surface area contributed by atoms with Crippen LogP contribution in [0, 0.1) is 35.7 Å². The van der Waals surface area contributed by atoms with Gasteiger partial charge in [0.05, 0.1) is 10.7 Å². The molecule has 3 aromatic carbocycles. The Balaban J connectivity index is 1.76. The van der Waals surface area contributed by atoms with E-state index in [4.69, 9.17) is 9.47 Å². The summed E-state index contributed by atoms with van der Waals surface area (Å²) < 4.78 is 11.9. The summed E-state index contributed by atoms with van der Waals surface area (Å²) in [6.07, 6.45) is 1.49. The summed E-state index contributed by atoms with van der Waals surface area (Å²) in [5.74, 6) is -0.0352. The number of hydrogen-bond acceptors (Lipinski definition) is 5. The van der Waals surface area contributed by atoms with Gasteiger partial charge in [0.2, 0.25) is 0 Å². The topological polar surface area (TPSA) is 100 Å². The zero-order valence-electron chi connectivity index (χ0n) is 20.4. The van der Waals surface area contributed by atoms with Crippen molar-refractivity contribution in [3.8, 4) is 17.6 Å². The number of nitrogens with one attached hydrogen (secondary N) is 2. The SMILES string of the molecule is COc1cc(/C=C(/C#N)C(=O)Nc2cccc(C)c2C)cc(I)c1OCC(=O)Nc1ccccc1C. The first-order chi connectivity index (χ1) is 17.2. The van der Waals surface area contributed by atoms with Crippen molar-refractivity contribution in [3.05, 3.63) is 86.0 Å². The molecule has 0 heterocycles. The lowest BCUT2D eigenvalue weighted by molar-refractivity contribution is -0.118. The number of halogens is 1. The lowest BCUT2D eigenvalue weighted by Gasteiger charge is -2.14. The molecule has 36 heavy (non-hydrogen) atoms. The van der Waals surface area contributed by atoms with Gasteiger partial charge in [-0.25, -0.2) is 0 Å². The predicted octanol–water partition coefficient (Wildman–Crippen LogP) is 5.79. The number of benzene rings is 3. The fraction of sp³-hybridized carbons (Fsp3) is 0.179. The maximum Gasteiger partial charge on any atom is 0.266 e. The third-order valence-electron chi connectivity index (χ3n) is 5.55. The highest BCUT2D eigenvalue weighted by atomic mass is 127. The van der Waals surface area contributed by atoms with Crippen LogP contribution in [0.3, 0.4) is 0 Å². The van der Waals surface area contributed by atoms with Crippen LogP contribution in [0.25, 0.3) is 6.08 Å². The number of para-hydroxylation sites is 1. The van der Waals surface area contributed by atoms with Crippen molar-refractivity contribution >= 4 is 51.9 Å². The van der Waals surface area contributed by atoms with E-state index >= 15 is 0 Å². The van der Waals surface area contributed by atoms with Crippen molar-refractivity contribution in [1.82, 2.24) is 0 Å². The minimum atomic E-state index is -0.506. The number of anilines is 2. The summed E-state index contributed by atoms with van der Waals surface area (Å²) >= 11 is 2.06. The predicted molar refractivity (Wildman–Crippen MR) is 149 cm³/mol. The van der Waals surface area contributed by atoms with Gasteiger partial charge >= 0.3 is 0 Å². The van der Waals surface area contributed by atoms with Crippen LogP contribution in [-0.2, 0) is 9.59 Å². The van der Waals surface area contributed by atoms with Crippen LogP contribution in [0.2, 0.25) is 0 Å². The third-order valence-corrected chi connectivity index (χ3v) is 6.35. The number of carbonyl (C=O) groups is 2. The molecule has 0 spiro atoms. The Kier molecular flexibility index (Phi) is 9.08. The number of hydrogen-bond donors (Lipinski definition) is 2. The average Bonchev–Trinajstić information content (AvgIpc) is 2.85. The van der Waals surface area contributed by atoms with Gasteiger partial charge in [-0.15, -0.1) is 0 Å². The fourth-order valence-corrected chi connectivity index (χ4v) is 4.17. The van der Waals surface area contributed by atoms with Crippen molar-refractivity contribution < 1.29 is 19.1 Å². The maximum absolute atomic E-state index is 12.8. The molecule has 0 aliphatic rings. The minimum absolute atomic E-state index is 0.0555. The van der Waals surface area contributed by atoms with Crippen molar-refractivity contribution in [2.75, 3.05) is 24.4 Å². The van der Waals surface area contributed by atoms with Gasteiger partial charge in [-0.2, -0.15) is 5.26 Å². The van der Waals surface area contributed by atoms with E-state index in [1.165, 1.54) is 13.2 Å². The lowest BCUT2D eigenvalue weighted by atomic mass is 10.1. The van der Waals surface area contributed by atoms with Gasteiger partial charge in [-0.05, 0) is 96.0 Å². The largest absolute Gasteiger partial charge is 0.493 e. The van der Waals surface area contributed by atoms with Gasteiger partial charge < -0.3 is 20.1 Å². The molecule has 0 aromatic heterocycles. The molecule has 3 aromatic rings. The highest BCUT2D eigenvalue weighted by molar-refractivity contribution is 14.1. The molecule has 0 aliphatic carbocycles. The molecule has 0 atom stereocenters. The first-order valence-electron chi connectivity index (χ1n) is 11.1.